The second-order valence-corrected chi connectivity index (χ2v) is 7.96. The third-order valence-electron chi connectivity index (χ3n) is 3.88. The van der Waals surface area contributed by atoms with Crippen molar-refractivity contribution in [3.8, 4) is 0 Å². The number of benzene rings is 2. The standard InChI is InChI=1S/C18H23NO2S2/c1-4-14-6-7-15(5-2)16(12-14)13-19-23(20,21)18-10-8-17(22-3)9-11-18/h6-12,19H,4-5,13H2,1-3H3. The summed E-state index contributed by atoms with van der Waals surface area (Å²) in [4.78, 5) is 1.35. The summed E-state index contributed by atoms with van der Waals surface area (Å²) in [5.41, 5.74) is 3.46. The molecule has 0 radical (unpaired) electrons. The van der Waals surface area contributed by atoms with E-state index in [1.165, 1.54) is 11.1 Å². The Morgan fingerprint density at radius 3 is 2.22 bits per heavy atom. The third-order valence-corrected chi connectivity index (χ3v) is 6.04. The molecule has 0 spiro atoms. The van der Waals surface area contributed by atoms with Crippen molar-refractivity contribution in [1.82, 2.24) is 4.72 Å². The van der Waals surface area contributed by atoms with Crippen LogP contribution >= 0.6 is 11.8 Å². The molecule has 2 aromatic carbocycles. The molecule has 0 atom stereocenters. The largest absolute Gasteiger partial charge is 0.240 e. The summed E-state index contributed by atoms with van der Waals surface area (Å²) < 4.78 is 27.6. The maximum atomic E-state index is 12.4. The molecule has 0 bridgehead atoms. The molecule has 2 aromatic rings. The summed E-state index contributed by atoms with van der Waals surface area (Å²) >= 11 is 1.59. The molecule has 5 heteroatoms. The van der Waals surface area contributed by atoms with Gasteiger partial charge in [-0.1, -0.05) is 32.0 Å². The molecule has 0 aromatic heterocycles. The van der Waals surface area contributed by atoms with E-state index in [1.807, 2.05) is 18.4 Å². The summed E-state index contributed by atoms with van der Waals surface area (Å²) in [6.07, 6.45) is 3.80. The highest BCUT2D eigenvalue weighted by Gasteiger charge is 2.14. The fourth-order valence-corrected chi connectivity index (χ4v) is 3.83. The van der Waals surface area contributed by atoms with Crippen molar-refractivity contribution in [2.45, 2.75) is 43.0 Å². The Bertz CT molecular complexity index is 753. The predicted molar refractivity (Wildman–Crippen MR) is 97.4 cm³/mol. The van der Waals surface area contributed by atoms with Crippen LogP contribution < -0.4 is 4.72 Å². The second-order valence-electron chi connectivity index (χ2n) is 5.31. The van der Waals surface area contributed by atoms with Crippen LogP contribution in [0.25, 0.3) is 0 Å². The monoisotopic (exact) mass is 349 g/mol. The predicted octanol–water partition coefficient (Wildman–Crippen LogP) is 4.01. The zero-order chi connectivity index (χ0) is 16.9. The smallest absolute Gasteiger partial charge is 0.207 e. The lowest BCUT2D eigenvalue weighted by molar-refractivity contribution is 0.581. The Labute approximate surface area is 143 Å². The number of aryl methyl sites for hydroxylation is 2. The molecule has 1 N–H and O–H groups in total. The van der Waals surface area contributed by atoms with Gasteiger partial charge in [-0.15, -0.1) is 11.8 Å². The van der Waals surface area contributed by atoms with Gasteiger partial charge < -0.3 is 0 Å². The summed E-state index contributed by atoms with van der Waals surface area (Å²) in [6.45, 7) is 4.51. The van der Waals surface area contributed by atoms with Crippen molar-refractivity contribution in [3.05, 3.63) is 59.2 Å². The minimum atomic E-state index is -3.49. The van der Waals surface area contributed by atoms with Crippen LogP contribution in [-0.2, 0) is 29.4 Å². The van der Waals surface area contributed by atoms with Crippen molar-refractivity contribution in [3.63, 3.8) is 0 Å². The Morgan fingerprint density at radius 2 is 1.65 bits per heavy atom. The van der Waals surface area contributed by atoms with Gasteiger partial charge in [-0.05, 0) is 60.1 Å². The van der Waals surface area contributed by atoms with Crippen LogP contribution in [0.1, 0.15) is 30.5 Å². The SMILES string of the molecule is CCc1ccc(CC)c(CNS(=O)(=O)c2ccc(SC)cc2)c1. The lowest BCUT2D eigenvalue weighted by Crippen LogP contribution is -2.23. The fourth-order valence-electron chi connectivity index (χ4n) is 2.42. The van der Waals surface area contributed by atoms with E-state index in [1.54, 1.807) is 23.9 Å². The molecule has 0 aliphatic rings. The van der Waals surface area contributed by atoms with Crippen molar-refractivity contribution in [2.75, 3.05) is 6.26 Å². The van der Waals surface area contributed by atoms with Crippen molar-refractivity contribution in [1.29, 1.82) is 0 Å². The van der Waals surface area contributed by atoms with Gasteiger partial charge in [0.15, 0.2) is 0 Å². The summed E-state index contributed by atoms with van der Waals surface area (Å²) in [7, 11) is -3.49. The van der Waals surface area contributed by atoms with Crippen molar-refractivity contribution in [2.24, 2.45) is 0 Å². The Balaban J connectivity index is 2.18. The number of hydrogen-bond acceptors (Lipinski definition) is 3. The minimum Gasteiger partial charge on any atom is -0.207 e. The van der Waals surface area contributed by atoms with E-state index in [4.69, 9.17) is 0 Å². The van der Waals surface area contributed by atoms with Gasteiger partial charge in [-0.25, -0.2) is 13.1 Å². The lowest BCUT2D eigenvalue weighted by atomic mass is 10.0. The zero-order valence-corrected chi connectivity index (χ0v) is 15.4. The van der Waals surface area contributed by atoms with Crippen LogP contribution in [0.15, 0.2) is 52.3 Å². The van der Waals surface area contributed by atoms with E-state index >= 15 is 0 Å². The molecular formula is C18H23NO2S2. The Kier molecular flexibility index (Phi) is 6.27. The molecule has 0 unspecified atom stereocenters. The van der Waals surface area contributed by atoms with E-state index in [2.05, 4.69) is 36.8 Å². The van der Waals surface area contributed by atoms with Crippen LogP contribution in [0.3, 0.4) is 0 Å². The number of nitrogens with one attached hydrogen (secondary N) is 1. The van der Waals surface area contributed by atoms with Crippen molar-refractivity contribution >= 4 is 21.8 Å². The van der Waals surface area contributed by atoms with Gasteiger partial charge in [-0.2, -0.15) is 0 Å². The highest BCUT2D eigenvalue weighted by Crippen LogP contribution is 2.19. The first-order chi connectivity index (χ1) is 11.0. The summed E-state index contributed by atoms with van der Waals surface area (Å²) in [5, 5.41) is 0. The molecule has 0 saturated heterocycles. The lowest BCUT2D eigenvalue weighted by Gasteiger charge is -2.12. The number of hydrogen-bond donors (Lipinski definition) is 1. The molecule has 0 saturated carbocycles. The molecule has 23 heavy (non-hydrogen) atoms. The molecule has 0 amide bonds. The molecule has 2 rings (SSSR count). The van der Waals surface area contributed by atoms with E-state index in [-0.39, 0.29) is 0 Å². The topological polar surface area (TPSA) is 46.2 Å². The average Bonchev–Trinajstić information content (AvgIpc) is 2.59. The van der Waals surface area contributed by atoms with E-state index in [9.17, 15) is 8.42 Å². The van der Waals surface area contributed by atoms with E-state index in [0.717, 1.165) is 23.3 Å². The molecular weight excluding hydrogens is 326 g/mol. The zero-order valence-electron chi connectivity index (χ0n) is 13.8. The van der Waals surface area contributed by atoms with Crippen LogP contribution in [0.5, 0.6) is 0 Å². The Hall–Kier alpha value is -1.30. The molecule has 0 heterocycles. The maximum Gasteiger partial charge on any atom is 0.240 e. The van der Waals surface area contributed by atoms with Gasteiger partial charge >= 0.3 is 0 Å². The number of sulfonamides is 1. The first-order valence-corrected chi connectivity index (χ1v) is 10.4. The fraction of sp³-hybridized carbons (Fsp3) is 0.333. The molecule has 124 valence electrons. The first-order valence-electron chi connectivity index (χ1n) is 7.74. The van der Waals surface area contributed by atoms with Gasteiger partial charge in [-0.3, -0.25) is 0 Å². The van der Waals surface area contributed by atoms with E-state index < -0.39 is 10.0 Å². The Morgan fingerprint density at radius 1 is 0.957 bits per heavy atom. The summed E-state index contributed by atoms with van der Waals surface area (Å²) in [6, 6.07) is 13.3. The molecule has 0 fully saturated rings. The van der Waals surface area contributed by atoms with Gasteiger partial charge in [0, 0.05) is 11.4 Å². The van der Waals surface area contributed by atoms with Crippen LogP contribution in [-0.4, -0.2) is 14.7 Å². The van der Waals surface area contributed by atoms with E-state index in [0.29, 0.717) is 11.4 Å². The average molecular weight is 350 g/mol. The highest BCUT2D eigenvalue weighted by molar-refractivity contribution is 7.98. The quantitative estimate of drug-likeness (QED) is 0.768. The van der Waals surface area contributed by atoms with Gasteiger partial charge in [0.05, 0.1) is 4.90 Å². The van der Waals surface area contributed by atoms with Gasteiger partial charge in [0.25, 0.3) is 0 Å². The van der Waals surface area contributed by atoms with Crippen LogP contribution in [0, 0.1) is 0 Å². The van der Waals surface area contributed by atoms with Crippen molar-refractivity contribution < 1.29 is 8.42 Å². The van der Waals surface area contributed by atoms with Crippen LogP contribution in [0.2, 0.25) is 0 Å². The highest BCUT2D eigenvalue weighted by atomic mass is 32.2. The molecule has 0 aliphatic carbocycles. The number of rotatable bonds is 7. The molecule has 0 aliphatic heterocycles. The van der Waals surface area contributed by atoms with Gasteiger partial charge in [0.2, 0.25) is 10.0 Å². The minimum absolute atomic E-state index is 0.306. The second kappa shape index (κ2) is 7.99. The number of thioether (sulfide) groups is 1. The normalized spacial score (nSPS) is 11.6. The van der Waals surface area contributed by atoms with Crippen LogP contribution in [0.4, 0.5) is 0 Å². The summed E-state index contributed by atoms with van der Waals surface area (Å²) in [5.74, 6) is 0. The van der Waals surface area contributed by atoms with Gasteiger partial charge in [0.1, 0.15) is 0 Å². The first kappa shape index (κ1) is 18.0. The maximum absolute atomic E-state index is 12.4. The third kappa shape index (κ3) is 4.59. The molecule has 3 nitrogen and oxygen atoms in total.